The maximum absolute atomic E-state index is 11.8. The van der Waals surface area contributed by atoms with E-state index in [-0.39, 0.29) is 11.9 Å². The van der Waals surface area contributed by atoms with Crippen LogP contribution in [0.5, 0.6) is 0 Å². The first kappa shape index (κ1) is 14.4. The highest BCUT2D eigenvalue weighted by Crippen LogP contribution is 2.07. The molecule has 0 fully saturated rings. The molecule has 100 valence electrons. The van der Waals surface area contributed by atoms with Gasteiger partial charge in [-0.25, -0.2) is 4.98 Å². The second-order valence-electron chi connectivity index (χ2n) is 4.33. The lowest BCUT2D eigenvalue weighted by Crippen LogP contribution is -2.30. The van der Waals surface area contributed by atoms with Gasteiger partial charge in [0.25, 0.3) is 5.91 Å². The number of hydrogen-bond donors (Lipinski definition) is 2. The van der Waals surface area contributed by atoms with Gasteiger partial charge in [-0.15, -0.1) is 0 Å². The summed E-state index contributed by atoms with van der Waals surface area (Å²) in [5.41, 5.74) is 0.618. The van der Waals surface area contributed by atoms with E-state index in [2.05, 4.69) is 15.6 Å². The fraction of sp³-hybridized carbons (Fsp3) is 0.538. The molecule has 0 aliphatic rings. The second-order valence-corrected chi connectivity index (χ2v) is 4.33. The van der Waals surface area contributed by atoms with Crippen LogP contribution in [0.4, 0.5) is 5.82 Å². The molecular weight excluding hydrogens is 230 g/mol. The number of pyridine rings is 1. The van der Waals surface area contributed by atoms with E-state index >= 15 is 0 Å². The van der Waals surface area contributed by atoms with Crippen molar-refractivity contribution in [1.29, 1.82) is 0 Å². The topological polar surface area (TPSA) is 63.2 Å². The van der Waals surface area contributed by atoms with Crippen molar-refractivity contribution in [2.75, 3.05) is 25.6 Å². The van der Waals surface area contributed by atoms with Crippen LogP contribution in [0.25, 0.3) is 0 Å². The third-order valence-electron chi connectivity index (χ3n) is 2.27. The maximum atomic E-state index is 11.8. The number of hydrogen-bond acceptors (Lipinski definition) is 4. The van der Waals surface area contributed by atoms with Crippen molar-refractivity contribution >= 4 is 11.7 Å². The Kier molecular flexibility index (Phi) is 6.14. The van der Waals surface area contributed by atoms with Gasteiger partial charge in [0.05, 0.1) is 0 Å². The Hall–Kier alpha value is -1.62. The van der Waals surface area contributed by atoms with Gasteiger partial charge in [0.2, 0.25) is 0 Å². The zero-order valence-electron chi connectivity index (χ0n) is 11.2. The summed E-state index contributed by atoms with van der Waals surface area (Å²) in [6, 6.07) is 3.59. The summed E-state index contributed by atoms with van der Waals surface area (Å²) in [7, 11) is 1.68. The molecule has 0 saturated heterocycles. The lowest BCUT2D eigenvalue weighted by Gasteiger charge is -2.10. The molecule has 0 aromatic carbocycles. The number of anilines is 1. The number of amides is 1. The molecule has 0 spiro atoms. The predicted octanol–water partition coefficient (Wildman–Crippen LogP) is 1.67. The van der Waals surface area contributed by atoms with Crippen LogP contribution in [-0.2, 0) is 4.74 Å². The van der Waals surface area contributed by atoms with Gasteiger partial charge in [-0.3, -0.25) is 4.79 Å². The Bertz CT molecular complexity index is 380. The Morgan fingerprint density at radius 1 is 1.50 bits per heavy atom. The number of aromatic nitrogens is 1. The minimum atomic E-state index is -0.0765. The van der Waals surface area contributed by atoms with Crippen LogP contribution in [0.15, 0.2) is 18.3 Å². The molecule has 1 amide bonds. The Morgan fingerprint density at radius 3 is 2.94 bits per heavy atom. The first-order valence-electron chi connectivity index (χ1n) is 6.13. The van der Waals surface area contributed by atoms with E-state index in [4.69, 9.17) is 4.74 Å². The van der Waals surface area contributed by atoms with Crippen molar-refractivity contribution in [2.24, 2.45) is 0 Å². The van der Waals surface area contributed by atoms with Crippen molar-refractivity contribution in [3.8, 4) is 0 Å². The number of methoxy groups -OCH3 is 1. The third kappa shape index (κ3) is 5.14. The Labute approximate surface area is 108 Å². The molecule has 1 heterocycles. The summed E-state index contributed by atoms with van der Waals surface area (Å²) < 4.78 is 4.96. The monoisotopic (exact) mass is 251 g/mol. The van der Waals surface area contributed by atoms with Gasteiger partial charge in [-0.1, -0.05) is 0 Å². The van der Waals surface area contributed by atoms with E-state index in [9.17, 15) is 4.79 Å². The molecule has 1 aromatic rings. The highest BCUT2D eigenvalue weighted by atomic mass is 16.5. The van der Waals surface area contributed by atoms with Gasteiger partial charge in [0.1, 0.15) is 5.82 Å². The minimum absolute atomic E-state index is 0.0765. The summed E-state index contributed by atoms with van der Waals surface area (Å²) in [6.07, 6.45) is 2.54. The first-order valence-corrected chi connectivity index (χ1v) is 6.13. The summed E-state index contributed by atoms with van der Waals surface area (Å²) >= 11 is 0. The molecule has 1 aromatic heterocycles. The van der Waals surface area contributed by atoms with Crippen molar-refractivity contribution in [3.05, 3.63) is 23.9 Å². The maximum Gasteiger partial charge on any atom is 0.251 e. The number of carbonyl (C=O) groups excluding carboxylic acids is 1. The molecule has 0 aliphatic heterocycles. The van der Waals surface area contributed by atoms with E-state index in [0.29, 0.717) is 18.0 Å². The van der Waals surface area contributed by atoms with Crippen LogP contribution in [0.3, 0.4) is 0 Å². The average Bonchev–Trinajstić information content (AvgIpc) is 2.34. The van der Waals surface area contributed by atoms with E-state index in [1.807, 2.05) is 13.8 Å². The van der Waals surface area contributed by atoms with Crippen molar-refractivity contribution in [2.45, 2.75) is 26.3 Å². The number of ether oxygens (including phenoxy) is 1. The molecule has 18 heavy (non-hydrogen) atoms. The lowest BCUT2D eigenvalue weighted by atomic mass is 10.2. The van der Waals surface area contributed by atoms with E-state index in [1.165, 1.54) is 0 Å². The normalized spacial score (nSPS) is 10.4. The van der Waals surface area contributed by atoms with Gasteiger partial charge in [-0.05, 0) is 32.4 Å². The molecule has 0 atom stereocenters. The molecule has 0 aliphatic carbocycles. The molecule has 5 heteroatoms. The van der Waals surface area contributed by atoms with Crippen LogP contribution in [-0.4, -0.2) is 37.2 Å². The summed E-state index contributed by atoms with van der Waals surface area (Å²) in [5.74, 6) is 0.634. The molecule has 0 saturated carbocycles. The molecule has 0 radical (unpaired) electrons. The van der Waals surface area contributed by atoms with E-state index < -0.39 is 0 Å². The quantitative estimate of drug-likeness (QED) is 0.724. The van der Waals surface area contributed by atoms with Gasteiger partial charge < -0.3 is 15.4 Å². The summed E-state index contributed by atoms with van der Waals surface area (Å²) in [6.45, 7) is 5.35. The molecule has 2 N–H and O–H groups in total. The largest absolute Gasteiger partial charge is 0.385 e. The van der Waals surface area contributed by atoms with Crippen LogP contribution >= 0.6 is 0 Å². The van der Waals surface area contributed by atoms with Crippen molar-refractivity contribution in [1.82, 2.24) is 10.3 Å². The second kappa shape index (κ2) is 7.66. The number of rotatable bonds is 7. The highest BCUT2D eigenvalue weighted by molar-refractivity contribution is 5.94. The summed E-state index contributed by atoms with van der Waals surface area (Å²) in [4.78, 5) is 16.0. The third-order valence-corrected chi connectivity index (χ3v) is 2.27. The van der Waals surface area contributed by atoms with Crippen LogP contribution in [0, 0.1) is 0 Å². The van der Waals surface area contributed by atoms with Crippen LogP contribution in [0.1, 0.15) is 30.6 Å². The predicted molar refractivity (Wildman–Crippen MR) is 71.8 cm³/mol. The van der Waals surface area contributed by atoms with Gasteiger partial charge in [0, 0.05) is 38.1 Å². The number of nitrogens with zero attached hydrogens (tertiary/aromatic N) is 1. The first-order chi connectivity index (χ1) is 8.63. The SMILES string of the molecule is COCCCNc1cc(C(=O)NC(C)C)ccn1. The molecule has 0 unspecified atom stereocenters. The molecule has 1 rings (SSSR count). The molecule has 0 bridgehead atoms. The zero-order chi connectivity index (χ0) is 13.4. The summed E-state index contributed by atoms with van der Waals surface area (Å²) in [5, 5.41) is 6.01. The van der Waals surface area contributed by atoms with Crippen LogP contribution < -0.4 is 10.6 Å². The Morgan fingerprint density at radius 2 is 2.28 bits per heavy atom. The van der Waals surface area contributed by atoms with E-state index in [1.54, 1.807) is 25.4 Å². The van der Waals surface area contributed by atoms with E-state index in [0.717, 1.165) is 13.0 Å². The molecule has 5 nitrogen and oxygen atoms in total. The average molecular weight is 251 g/mol. The number of nitrogens with one attached hydrogen (secondary N) is 2. The molecular formula is C13H21N3O2. The van der Waals surface area contributed by atoms with Crippen molar-refractivity contribution < 1.29 is 9.53 Å². The van der Waals surface area contributed by atoms with Gasteiger partial charge in [-0.2, -0.15) is 0 Å². The smallest absolute Gasteiger partial charge is 0.251 e. The fourth-order valence-electron chi connectivity index (χ4n) is 1.45. The van der Waals surface area contributed by atoms with Gasteiger partial charge in [0.15, 0.2) is 0 Å². The van der Waals surface area contributed by atoms with Crippen LogP contribution in [0.2, 0.25) is 0 Å². The lowest BCUT2D eigenvalue weighted by molar-refractivity contribution is 0.0943. The van der Waals surface area contributed by atoms with Crippen molar-refractivity contribution in [3.63, 3.8) is 0 Å². The highest BCUT2D eigenvalue weighted by Gasteiger charge is 2.07. The zero-order valence-corrected chi connectivity index (χ0v) is 11.2. The standard InChI is InChI=1S/C13H21N3O2/c1-10(2)16-13(17)11-5-7-15-12(9-11)14-6-4-8-18-3/h5,7,9-10H,4,6,8H2,1-3H3,(H,14,15)(H,16,17). The Balaban J connectivity index is 2.53. The number of carbonyl (C=O) groups is 1. The minimum Gasteiger partial charge on any atom is -0.385 e. The van der Waals surface area contributed by atoms with Gasteiger partial charge >= 0.3 is 0 Å². The fourth-order valence-corrected chi connectivity index (χ4v) is 1.45.